The molecule has 0 fully saturated rings. The van der Waals surface area contributed by atoms with Gasteiger partial charge in [0.15, 0.2) is 11.5 Å². The molecular formula is C21H19N5O2. The fraction of sp³-hybridized carbons (Fsp3) is 0.0952. The quantitative estimate of drug-likeness (QED) is 0.550. The van der Waals surface area contributed by atoms with E-state index in [9.17, 15) is 4.79 Å². The molecule has 0 aliphatic rings. The molecule has 0 aliphatic heterocycles. The van der Waals surface area contributed by atoms with E-state index in [-0.39, 0.29) is 5.91 Å². The Morgan fingerprint density at radius 3 is 2.61 bits per heavy atom. The van der Waals surface area contributed by atoms with Gasteiger partial charge in [0.05, 0.1) is 19.0 Å². The molecule has 28 heavy (non-hydrogen) atoms. The number of anilines is 3. The number of methoxy groups -OCH3 is 1. The second-order valence-corrected chi connectivity index (χ2v) is 6.23. The van der Waals surface area contributed by atoms with Crippen LogP contribution in [0.5, 0.6) is 5.75 Å². The van der Waals surface area contributed by atoms with Gasteiger partial charge in [0, 0.05) is 36.3 Å². The zero-order valence-corrected chi connectivity index (χ0v) is 15.5. The molecule has 2 aromatic heterocycles. The molecule has 0 spiro atoms. The van der Waals surface area contributed by atoms with E-state index in [1.165, 1.54) is 6.92 Å². The summed E-state index contributed by atoms with van der Waals surface area (Å²) in [6.45, 7) is 1.48. The number of hydrogen-bond donors (Lipinski definition) is 2. The molecule has 0 aliphatic carbocycles. The van der Waals surface area contributed by atoms with Crippen LogP contribution in [0.25, 0.3) is 16.9 Å². The molecule has 4 aromatic rings. The van der Waals surface area contributed by atoms with Gasteiger partial charge in [0.25, 0.3) is 0 Å². The number of benzene rings is 2. The zero-order chi connectivity index (χ0) is 19.5. The van der Waals surface area contributed by atoms with Gasteiger partial charge in [0.2, 0.25) is 5.91 Å². The highest BCUT2D eigenvalue weighted by Gasteiger charge is 2.11. The minimum Gasteiger partial charge on any atom is -0.497 e. The molecule has 0 unspecified atom stereocenters. The number of carbonyl (C=O) groups is 1. The van der Waals surface area contributed by atoms with Crippen LogP contribution >= 0.6 is 0 Å². The number of hydrogen-bond acceptors (Lipinski definition) is 5. The predicted molar refractivity (Wildman–Crippen MR) is 109 cm³/mol. The molecule has 7 heteroatoms. The van der Waals surface area contributed by atoms with Crippen LogP contribution in [0.4, 0.5) is 17.2 Å². The van der Waals surface area contributed by atoms with Crippen LogP contribution in [0.1, 0.15) is 6.92 Å². The topological polar surface area (TPSA) is 80.5 Å². The van der Waals surface area contributed by atoms with Gasteiger partial charge in [-0.1, -0.05) is 12.1 Å². The van der Waals surface area contributed by atoms with E-state index in [1.807, 2.05) is 65.3 Å². The molecule has 0 saturated carbocycles. The van der Waals surface area contributed by atoms with Crippen LogP contribution in [0.2, 0.25) is 0 Å². The highest BCUT2D eigenvalue weighted by atomic mass is 16.5. The molecule has 0 bridgehead atoms. The Kier molecular flexibility index (Phi) is 4.63. The van der Waals surface area contributed by atoms with Gasteiger partial charge in [-0.3, -0.25) is 9.20 Å². The third-order valence-corrected chi connectivity index (χ3v) is 4.26. The minimum absolute atomic E-state index is 0.102. The van der Waals surface area contributed by atoms with Crippen molar-refractivity contribution in [1.82, 2.24) is 14.4 Å². The first-order chi connectivity index (χ1) is 13.6. The van der Waals surface area contributed by atoms with Crippen LogP contribution in [0.3, 0.4) is 0 Å². The van der Waals surface area contributed by atoms with Gasteiger partial charge >= 0.3 is 0 Å². The normalized spacial score (nSPS) is 10.6. The first-order valence-corrected chi connectivity index (χ1v) is 8.75. The number of imidazole rings is 1. The summed E-state index contributed by atoms with van der Waals surface area (Å²) in [5, 5.41) is 6.03. The molecule has 140 valence electrons. The molecule has 0 saturated heterocycles. The van der Waals surface area contributed by atoms with Gasteiger partial charge in [-0.25, -0.2) is 9.97 Å². The summed E-state index contributed by atoms with van der Waals surface area (Å²) in [5.74, 6) is 1.33. The summed E-state index contributed by atoms with van der Waals surface area (Å²) in [6, 6.07) is 15.3. The van der Waals surface area contributed by atoms with Crippen LogP contribution in [0.15, 0.2) is 67.1 Å². The molecule has 2 N–H and O–H groups in total. The molecule has 4 rings (SSSR count). The summed E-state index contributed by atoms with van der Waals surface area (Å²) in [5.41, 5.74) is 4.25. The van der Waals surface area contributed by atoms with E-state index in [0.29, 0.717) is 11.5 Å². The molecule has 0 atom stereocenters. The number of amides is 1. The molecule has 1 amide bonds. The molecule has 2 aromatic carbocycles. The fourth-order valence-corrected chi connectivity index (χ4v) is 2.98. The maximum Gasteiger partial charge on any atom is 0.221 e. The maximum atomic E-state index is 11.1. The number of carbonyl (C=O) groups excluding carboxylic acids is 1. The van der Waals surface area contributed by atoms with Gasteiger partial charge < -0.3 is 15.4 Å². The molecule has 2 heterocycles. The second-order valence-electron chi connectivity index (χ2n) is 6.23. The van der Waals surface area contributed by atoms with E-state index in [2.05, 4.69) is 20.6 Å². The van der Waals surface area contributed by atoms with Crippen LogP contribution in [-0.4, -0.2) is 27.4 Å². The van der Waals surface area contributed by atoms with Crippen LogP contribution < -0.4 is 15.4 Å². The summed E-state index contributed by atoms with van der Waals surface area (Å²) < 4.78 is 7.30. The average Bonchev–Trinajstić information content (AvgIpc) is 3.14. The Balaban J connectivity index is 1.66. The van der Waals surface area contributed by atoms with Gasteiger partial charge in [-0.15, -0.1) is 0 Å². The van der Waals surface area contributed by atoms with Gasteiger partial charge in [-0.2, -0.15) is 0 Å². The summed E-state index contributed by atoms with van der Waals surface area (Å²) in [7, 11) is 1.65. The first-order valence-electron chi connectivity index (χ1n) is 8.75. The number of nitrogens with one attached hydrogen (secondary N) is 2. The monoisotopic (exact) mass is 373 g/mol. The van der Waals surface area contributed by atoms with Crippen molar-refractivity contribution >= 4 is 28.7 Å². The molecule has 7 nitrogen and oxygen atoms in total. The Hall–Kier alpha value is -3.87. The number of ether oxygens (including phenoxy) is 1. The fourth-order valence-electron chi connectivity index (χ4n) is 2.98. The lowest BCUT2D eigenvalue weighted by atomic mass is 10.1. The van der Waals surface area contributed by atoms with Crippen molar-refractivity contribution in [3.63, 3.8) is 0 Å². The van der Waals surface area contributed by atoms with E-state index < -0.39 is 0 Å². The largest absolute Gasteiger partial charge is 0.497 e. The highest BCUT2D eigenvalue weighted by molar-refractivity contribution is 5.89. The van der Waals surface area contributed by atoms with Crippen molar-refractivity contribution in [3.05, 3.63) is 67.1 Å². The number of fused-ring (bicyclic) bond motifs is 1. The smallest absolute Gasteiger partial charge is 0.221 e. The lowest BCUT2D eigenvalue weighted by molar-refractivity contribution is -0.114. The van der Waals surface area contributed by atoms with E-state index in [0.717, 1.165) is 28.4 Å². The number of aromatic nitrogens is 3. The van der Waals surface area contributed by atoms with Crippen molar-refractivity contribution in [2.45, 2.75) is 6.92 Å². The standard InChI is InChI=1S/C21H19N5O2/c1-14(27)24-16-6-8-17(9-7-16)25-20-21-23-13-19(26(21)11-10-22-20)15-4-3-5-18(12-15)28-2/h3-13H,1-2H3,(H,22,25)(H,24,27). The van der Waals surface area contributed by atoms with Crippen LogP contribution in [-0.2, 0) is 4.79 Å². The van der Waals surface area contributed by atoms with Crippen molar-refractivity contribution in [2.75, 3.05) is 17.7 Å². The Bertz CT molecular complexity index is 1140. The third kappa shape index (κ3) is 3.50. The third-order valence-electron chi connectivity index (χ3n) is 4.26. The van der Waals surface area contributed by atoms with E-state index in [1.54, 1.807) is 13.3 Å². The first kappa shape index (κ1) is 17.5. The predicted octanol–water partition coefficient (Wildman–Crippen LogP) is 4.11. The minimum atomic E-state index is -0.102. The van der Waals surface area contributed by atoms with E-state index >= 15 is 0 Å². The Morgan fingerprint density at radius 1 is 1.07 bits per heavy atom. The SMILES string of the molecule is COc1cccc(-c2cnc3c(Nc4ccc(NC(C)=O)cc4)nccn23)c1. The Morgan fingerprint density at radius 2 is 1.86 bits per heavy atom. The zero-order valence-electron chi connectivity index (χ0n) is 15.5. The van der Waals surface area contributed by atoms with Crippen LogP contribution in [0, 0.1) is 0 Å². The lowest BCUT2D eigenvalue weighted by Crippen LogP contribution is -2.05. The molecular weight excluding hydrogens is 354 g/mol. The second kappa shape index (κ2) is 7.40. The highest BCUT2D eigenvalue weighted by Crippen LogP contribution is 2.27. The Labute approximate surface area is 162 Å². The number of rotatable bonds is 5. The lowest BCUT2D eigenvalue weighted by Gasteiger charge is -2.09. The summed E-state index contributed by atoms with van der Waals surface area (Å²) in [4.78, 5) is 20.1. The van der Waals surface area contributed by atoms with Crippen molar-refractivity contribution in [1.29, 1.82) is 0 Å². The maximum absolute atomic E-state index is 11.1. The summed E-state index contributed by atoms with van der Waals surface area (Å²) >= 11 is 0. The van der Waals surface area contributed by atoms with Crippen molar-refractivity contribution in [3.8, 4) is 17.0 Å². The summed E-state index contributed by atoms with van der Waals surface area (Å²) in [6.07, 6.45) is 5.42. The number of nitrogens with zero attached hydrogens (tertiary/aromatic N) is 3. The van der Waals surface area contributed by atoms with E-state index in [4.69, 9.17) is 4.74 Å². The van der Waals surface area contributed by atoms with Crippen molar-refractivity contribution in [2.24, 2.45) is 0 Å². The average molecular weight is 373 g/mol. The van der Waals surface area contributed by atoms with Crippen molar-refractivity contribution < 1.29 is 9.53 Å². The van der Waals surface area contributed by atoms with Gasteiger partial charge in [0.1, 0.15) is 5.75 Å². The molecule has 0 radical (unpaired) electrons. The van der Waals surface area contributed by atoms with Gasteiger partial charge in [-0.05, 0) is 36.4 Å².